The third-order valence-electron chi connectivity index (χ3n) is 3.89. The number of rotatable bonds is 3. The van der Waals surface area contributed by atoms with E-state index in [9.17, 15) is 0 Å². The summed E-state index contributed by atoms with van der Waals surface area (Å²) in [7, 11) is 0. The minimum atomic E-state index is 0.138. The van der Waals surface area contributed by atoms with E-state index in [0.717, 1.165) is 13.2 Å². The first kappa shape index (κ1) is 10.4. The van der Waals surface area contributed by atoms with Crippen LogP contribution in [-0.2, 0) is 4.74 Å². The molecule has 1 saturated heterocycles. The number of nitrogens with two attached hydrogens (primary N) is 1. The van der Waals surface area contributed by atoms with Crippen molar-refractivity contribution in [1.82, 2.24) is 5.32 Å². The van der Waals surface area contributed by atoms with E-state index < -0.39 is 0 Å². The van der Waals surface area contributed by atoms with Gasteiger partial charge in [-0.3, -0.25) is 0 Å². The van der Waals surface area contributed by atoms with Crippen molar-refractivity contribution in [3.8, 4) is 0 Å². The van der Waals surface area contributed by atoms with Gasteiger partial charge >= 0.3 is 0 Å². The summed E-state index contributed by atoms with van der Waals surface area (Å²) in [4.78, 5) is 0. The Balaban J connectivity index is 1.80. The van der Waals surface area contributed by atoms with Crippen LogP contribution in [0.3, 0.4) is 0 Å². The Hall–Kier alpha value is -0.120. The summed E-state index contributed by atoms with van der Waals surface area (Å²) < 4.78 is 5.41. The quantitative estimate of drug-likeness (QED) is 0.703. The van der Waals surface area contributed by atoms with Crippen LogP contribution in [0.5, 0.6) is 0 Å². The Bertz CT molecular complexity index is 229. The van der Waals surface area contributed by atoms with Gasteiger partial charge in [0.05, 0.1) is 13.2 Å². The van der Waals surface area contributed by atoms with E-state index in [1.165, 1.54) is 6.42 Å². The molecule has 82 valence electrons. The number of hydrogen-bond acceptors (Lipinski definition) is 3. The standard InChI is InChI=1S/C11H22N2O/c1-10(2)4-9(10)13-6-11(3)7-14-5-8(11)12/h8-9,13H,4-7,12H2,1-3H3. The Morgan fingerprint density at radius 2 is 2.07 bits per heavy atom. The lowest BCUT2D eigenvalue weighted by atomic mass is 9.86. The second-order valence-corrected chi connectivity index (χ2v) is 5.90. The third kappa shape index (κ3) is 1.81. The molecule has 1 heterocycles. The molecule has 0 radical (unpaired) electrons. The van der Waals surface area contributed by atoms with Gasteiger partial charge in [-0.05, 0) is 11.8 Å². The Morgan fingerprint density at radius 1 is 1.43 bits per heavy atom. The van der Waals surface area contributed by atoms with Crippen molar-refractivity contribution in [3.05, 3.63) is 0 Å². The van der Waals surface area contributed by atoms with Crippen LogP contribution < -0.4 is 11.1 Å². The summed E-state index contributed by atoms with van der Waals surface area (Å²) in [6.07, 6.45) is 1.29. The van der Waals surface area contributed by atoms with Crippen molar-refractivity contribution in [2.75, 3.05) is 19.8 Å². The normalized spacial score (nSPS) is 45.4. The van der Waals surface area contributed by atoms with E-state index in [-0.39, 0.29) is 11.5 Å². The highest BCUT2D eigenvalue weighted by Gasteiger charge is 2.47. The maximum Gasteiger partial charge on any atom is 0.0624 e. The SMILES string of the molecule is CC1(C)CC1NCC1(C)COCC1N. The molecule has 0 aromatic heterocycles. The van der Waals surface area contributed by atoms with E-state index in [1.54, 1.807) is 0 Å². The van der Waals surface area contributed by atoms with Crippen molar-refractivity contribution in [2.24, 2.45) is 16.6 Å². The first-order valence-corrected chi connectivity index (χ1v) is 5.51. The van der Waals surface area contributed by atoms with Gasteiger partial charge < -0.3 is 15.8 Å². The average Bonchev–Trinajstić information content (AvgIpc) is 2.57. The predicted octanol–water partition coefficient (Wildman–Crippen LogP) is 0.738. The zero-order valence-electron chi connectivity index (χ0n) is 9.47. The maximum absolute atomic E-state index is 6.02. The molecule has 3 unspecified atom stereocenters. The first-order valence-electron chi connectivity index (χ1n) is 5.51. The molecule has 0 bridgehead atoms. The number of ether oxygens (including phenoxy) is 1. The van der Waals surface area contributed by atoms with E-state index >= 15 is 0 Å². The first-order chi connectivity index (χ1) is 6.44. The van der Waals surface area contributed by atoms with Gasteiger partial charge in [0.2, 0.25) is 0 Å². The number of nitrogens with one attached hydrogen (secondary N) is 1. The minimum Gasteiger partial charge on any atom is -0.379 e. The molecule has 0 aromatic rings. The van der Waals surface area contributed by atoms with Crippen molar-refractivity contribution >= 4 is 0 Å². The second kappa shape index (κ2) is 3.19. The molecule has 1 aliphatic heterocycles. The molecule has 0 spiro atoms. The van der Waals surface area contributed by atoms with Crippen LogP contribution in [-0.4, -0.2) is 31.8 Å². The van der Waals surface area contributed by atoms with E-state index in [0.29, 0.717) is 18.1 Å². The topological polar surface area (TPSA) is 47.3 Å². The molecule has 3 heteroatoms. The third-order valence-corrected chi connectivity index (χ3v) is 3.89. The zero-order valence-corrected chi connectivity index (χ0v) is 9.47. The Kier molecular flexibility index (Phi) is 2.37. The molecular weight excluding hydrogens is 176 g/mol. The lowest BCUT2D eigenvalue weighted by molar-refractivity contribution is 0.157. The van der Waals surface area contributed by atoms with Crippen molar-refractivity contribution in [2.45, 2.75) is 39.3 Å². The maximum atomic E-state index is 6.02. The molecule has 1 saturated carbocycles. The van der Waals surface area contributed by atoms with Crippen LogP contribution in [0.15, 0.2) is 0 Å². The summed E-state index contributed by atoms with van der Waals surface area (Å²) in [5.74, 6) is 0. The molecule has 3 atom stereocenters. The molecule has 2 rings (SSSR count). The molecular formula is C11H22N2O. The van der Waals surface area contributed by atoms with E-state index in [1.807, 2.05) is 0 Å². The van der Waals surface area contributed by atoms with Crippen LogP contribution in [0.2, 0.25) is 0 Å². The van der Waals surface area contributed by atoms with Crippen molar-refractivity contribution in [1.29, 1.82) is 0 Å². The fourth-order valence-electron chi connectivity index (χ4n) is 2.08. The fraction of sp³-hybridized carbons (Fsp3) is 1.00. The zero-order chi connectivity index (χ0) is 10.4. The molecule has 2 aliphatic rings. The lowest BCUT2D eigenvalue weighted by Crippen LogP contribution is -2.46. The molecule has 2 fully saturated rings. The monoisotopic (exact) mass is 198 g/mol. The highest BCUT2D eigenvalue weighted by molar-refractivity contribution is 5.03. The summed E-state index contributed by atoms with van der Waals surface area (Å²) in [5.41, 5.74) is 6.66. The highest BCUT2D eigenvalue weighted by Crippen LogP contribution is 2.45. The van der Waals surface area contributed by atoms with Crippen LogP contribution in [0, 0.1) is 10.8 Å². The Labute approximate surface area is 86.4 Å². The van der Waals surface area contributed by atoms with Gasteiger partial charge in [-0.2, -0.15) is 0 Å². The largest absolute Gasteiger partial charge is 0.379 e. The Morgan fingerprint density at radius 3 is 2.50 bits per heavy atom. The summed E-state index contributed by atoms with van der Waals surface area (Å²) in [6.45, 7) is 9.33. The van der Waals surface area contributed by atoms with Crippen LogP contribution in [0.1, 0.15) is 27.2 Å². The molecule has 3 nitrogen and oxygen atoms in total. The number of hydrogen-bond donors (Lipinski definition) is 2. The molecule has 14 heavy (non-hydrogen) atoms. The van der Waals surface area contributed by atoms with Gasteiger partial charge in [-0.1, -0.05) is 20.8 Å². The highest BCUT2D eigenvalue weighted by atomic mass is 16.5. The average molecular weight is 198 g/mol. The smallest absolute Gasteiger partial charge is 0.0624 e. The van der Waals surface area contributed by atoms with Crippen molar-refractivity contribution < 1.29 is 4.74 Å². The van der Waals surface area contributed by atoms with Gasteiger partial charge in [0, 0.05) is 24.0 Å². The van der Waals surface area contributed by atoms with Crippen molar-refractivity contribution in [3.63, 3.8) is 0 Å². The van der Waals surface area contributed by atoms with E-state index in [2.05, 4.69) is 26.1 Å². The van der Waals surface area contributed by atoms with Crippen LogP contribution in [0.4, 0.5) is 0 Å². The fourth-order valence-corrected chi connectivity index (χ4v) is 2.08. The summed E-state index contributed by atoms with van der Waals surface area (Å²) in [6, 6.07) is 0.879. The molecule has 1 aliphatic carbocycles. The van der Waals surface area contributed by atoms with Gasteiger partial charge in [0.15, 0.2) is 0 Å². The summed E-state index contributed by atoms with van der Waals surface area (Å²) in [5, 5.41) is 3.60. The van der Waals surface area contributed by atoms with Crippen LogP contribution >= 0.6 is 0 Å². The molecule has 3 N–H and O–H groups in total. The van der Waals surface area contributed by atoms with E-state index in [4.69, 9.17) is 10.5 Å². The lowest BCUT2D eigenvalue weighted by Gasteiger charge is -2.27. The summed E-state index contributed by atoms with van der Waals surface area (Å²) >= 11 is 0. The van der Waals surface area contributed by atoms with Gasteiger partial charge in [-0.25, -0.2) is 0 Å². The molecule has 0 aromatic carbocycles. The minimum absolute atomic E-state index is 0.138. The van der Waals surface area contributed by atoms with Gasteiger partial charge in [0.25, 0.3) is 0 Å². The van der Waals surface area contributed by atoms with Gasteiger partial charge in [-0.15, -0.1) is 0 Å². The van der Waals surface area contributed by atoms with Crippen LogP contribution in [0.25, 0.3) is 0 Å². The predicted molar refractivity (Wildman–Crippen MR) is 57.1 cm³/mol. The molecule has 0 amide bonds. The van der Waals surface area contributed by atoms with Gasteiger partial charge in [0.1, 0.15) is 0 Å². The second-order valence-electron chi connectivity index (χ2n) is 5.90.